The highest BCUT2D eigenvalue weighted by Crippen LogP contribution is 2.22. The van der Waals surface area contributed by atoms with Crippen LogP contribution in [0.3, 0.4) is 0 Å². The summed E-state index contributed by atoms with van der Waals surface area (Å²) in [4.78, 5) is 11.9. The Hall–Kier alpha value is -2.55. The number of benzene rings is 1. The molecule has 1 aromatic heterocycles. The lowest BCUT2D eigenvalue weighted by molar-refractivity contribution is 0.0527. The van der Waals surface area contributed by atoms with Crippen molar-refractivity contribution in [3.63, 3.8) is 0 Å². The molecule has 0 aliphatic carbocycles. The zero-order valence-corrected chi connectivity index (χ0v) is 13.8. The summed E-state index contributed by atoms with van der Waals surface area (Å²) in [6.07, 6.45) is 1.25. The van der Waals surface area contributed by atoms with Crippen molar-refractivity contribution in [1.82, 2.24) is 9.78 Å². The summed E-state index contributed by atoms with van der Waals surface area (Å²) in [5, 5.41) is 3.89. The molecule has 0 saturated heterocycles. The average Bonchev–Trinajstić information content (AvgIpc) is 2.88. The molecule has 2 rings (SSSR count). The van der Waals surface area contributed by atoms with E-state index in [1.165, 1.54) is 49.3 Å². The number of hydrogen-bond donors (Lipinski definition) is 1. The van der Waals surface area contributed by atoms with Crippen LogP contribution in [0.2, 0.25) is 0 Å². The number of carbonyl (C=O) groups excluding carboxylic acids is 1. The summed E-state index contributed by atoms with van der Waals surface area (Å²) in [5.41, 5.74) is 0.0476. The fraction of sp³-hybridized carbons (Fsp3) is 0.286. The third-order valence-corrected chi connectivity index (χ3v) is 4.39. The van der Waals surface area contributed by atoms with Gasteiger partial charge in [-0.1, -0.05) is 0 Å². The smallest absolute Gasteiger partial charge is 0.343 e. The van der Waals surface area contributed by atoms with Gasteiger partial charge in [0.1, 0.15) is 11.3 Å². The van der Waals surface area contributed by atoms with Gasteiger partial charge >= 0.3 is 5.97 Å². The second-order valence-corrected chi connectivity index (χ2v) is 6.21. The molecule has 23 heavy (non-hydrogen) atoms. The molecule has 1 heterocycles. The summed E-state index contributed by atoms with van der Waals surface area (Å²) in [7, 11) is -0.864. The molecule has 0 aliphatic rings. The van der Waals surface area contributed by atoms with Crippen LogP contribution in [0.5, 0.6) is 5.75 Å². The van der Waals surface area contributed by atoms with E-state index in [0.717, 1.165) is 0 Å². The quantitative estimate of drug-likeness (QED) is 0.799. The third-order valence-electron chi connectivity index (χ3n) is 3.03. The number of ether oxygens (including phenoxy) is 2. The maximum Gasteiger partial charge on any atom is 0.343 e. The molecule has 0 radical (unpaired) electrons. The van der Waals surface area contributed by atoms with Gasteiger partial charge in [-0.15, -0.1) is 0 Å². The van der Waals surface area contributed by atoms with Crippen LogP contribution in [-0.2, 0) is 21.8 Å². The van der Waals surface area contributed by atoms with Gasteiger partial charge in [-0.3, -0.25) is 9.40 Å². The number of nitrogens with one attached hydrogen (secondary N) is 1. The molecule has 8 nitrogen and oxygen atoms in total. The number of anilines is 1. The molecule has 2 aromatic rings. The molecule has 0 spiro atoms. The van der Waals surface area contributed by atoms with E-state index in [1.54, 1.807) is 6.92 Å². The van der Waals surface area contributed by atoms with Gasteiger partial charge in [-0.25, -0.2) is 13.2 Å². The van der Waals surface area contributed by atoms with E-state index in [-0.39, 0.29) is 22.9 Å². The largest absolute Gasteiger partial charge is 0.497 e. The van der Waals surface area contributed by atoms with Crippen LogP contribution in [0.15, 0.2) is 35.4 Å². The second-order valence-electron chi connectivity index (χ2n) is 4.53. The van der Waals surface area contributed by atoms with E-state index < -0.39 is 16.0 Å². The first-order valence-corrected chi connectivity index (χ1v) is 8.23. The predicted molar refractivity (Wildman–Crippen MR) is 83.0 cm³/mol. The number of carbonyl (C=O) groups is 1. The highest BCUT2D eigenvalue weighted by Gasteiger charge is 2.23. The molecule has 124 valence electrons. The lowest BCUT2D eigenvalue weighted by Gasteiger charge is -2.10. The van der Waals surface area contributed by atoms with Gasteiger partial charge in [-0.05, 0) is 31.2 Å². The standard InChI is InChI=1S/C14H17N3O5S/c1-4-22-14(18)12-9-15-17(2)13(12)16-23(19,20)11-7-5-10(21-3)6-8-11/h5-9,16H,4H2,1-3H3. The fourth-order valence-corrected chi connectivity index (χ4v) is 2.97. The van der Waals surface area contributed by atoms with Crippen LogP contribution < -0.4 is 9.46 Å². The van der Waals surface area contributed by atoms with Crippen molar-refractivity contribution < 1.29 is 22.7 Å². The number of rotatable bonds is 6. The zero-order valence-electron chi connectivity index (χ0n) is 12.9. The van der Waals surface area contributed by atoms with E-state index in [0.29, 0.717) is 5.75 Å². The van der Waals surface area contributed by atoms with Crippen molar-refractivity contribution in [2.75, 3.05) is 18.4 Å². The van der Waals surface area contributed by atoms with Gasteiger partial charge in [0.25, 0.3) is 10.0 Å². The number of nitrogens with zero attached hydrogens (tertiary/aromatic N) is 2. The maximum atomic E-state index is 12.4. The molecular formula is C14H17N3O5S. The van der Waals surface area contributed by atoms with Crippen LogP contribution in [-0.4, -0.2) is 37.9 Å². The number of aryl methyl sites for hydroxylation is 1. The van der Waals surface area contributed by atoms with Crippen LogP contribution in [0.4, 0.5) is 5.82 Å². The predicted octanol–water partition coefficient (Wildman–Crippen LogP) is 1.41. The Morgan fingerprint density at radius 3 is 2.52 bits per heavy atom. The number of sulfonamides is 1. The molecule has 1 N–H and O–H groups in total. The Morgan fingerprint density at radius 1 is 1.30 bits per heavy atom. The number of esters is 1. The normalized spacial score (nSPS) is 11.1. The molecule has 0 atom stereocenters. The minimum absolute atomic E-state index is 0.0364. The van der Waals surface area contributed by atoms with Crippen LogP contribution >= 0.6 is 0 Å². The summed E-state index contributed by atoms with van der Waals surface area (Å²) >= 11 is 0. The Balaban J connectivity index is 2.33. The molecular weight excluding hydrogens is 322 g/mol. The van der Waals surface area contributed by atoms with Gasteiger partial charge in [0.2, 0.25) is 0 Å². The topological polar surface area (TPSA) is 99.5 Å². The Morgan fingerprint density at radius 2 is 1.96 bits per heavy atom. The van der Waals surface area contributed by atoms with Gasteiger partial charge in [0.15, 0.2) is 5.82 Å². The lowest BCUT2D eigenvalue weighted by atomic mass is 10.3. The molecule has 0 aliphatic heterocycles. The Kier molecular flexibility index (Phi) is 4.89. The molecule has 9 heteroatoms. The van der Waals surface area contributed by atoms with Crippen LogP contribution in [0.1, 0.15) is 17.3 Å². The lowest BCUT2D eigenvalue weighted by Crippen LogP contribution is -2.18. The van der Waals surface area contributed by atoms with Gasteiger partial charge in [0.05, 0.1) is 24.8 Å². The van der Waals surface area contributed by atoms with E-state index in [2.05, 4.69) is 9.82 Å². The Labute approximate surface area is 134 Å². The SMILES string of the molecule is CCOC(=O)c1cnn(C)c1NS(=O)(=O)c1ccc(OC)cc1. The highest BCUT2D eigenvalue weighted by atomic mass is 32.2. The maximum absolute atomic E-state index is 12.4. The molecule has 1 aromatic carbocycles. The second kappa shape index (κ2) is 6.69. The summed E-state index contributed by atoms with van der Waals surface area (Å²) in [5.74, 6) is -0.0657. The average molecular weight is 339 g/mol. The molecule has 0 amide bonds. The first kappa shape index (κ1) is 16.8. The van der Waals surface area contributed by atoms with Crippen molar-refractivity contribution in [3.05, 3.63) is 36.0 Å². The number of hydrogen-bond acceptors (Lipinski definition) is 6. The first-order chi connectivity index (χ1) is 10.9. The van der Waals surface area contributed by atoms with Crippen molar-refractivity contribution in [2.24, 2.45) is 7.05 Å². The van der Waals surface area contributed by atoms with E-state index in [4.69, 9.17) is 9.47 Å². The summed E-state index contributed by atoms with van der Waals surface area (Å²) in [6.45, 7) is 1.84. The van der Waals surface area contributed by atoms with Gasteiger partial charge < -0.3 is 9.47 Å². The van der Waals surface area contributed by atoms with E-state index >= 15 is 0 Å². The Bertz CT molecular complexity index is 796. The van der Waals surface area contributed by atoms with E-state index in [9.17, 15) is 13.2 Å². The van der Waals surface area contributed by atoms with Gasteiger partial charge in [-0.2, -0.15) is 5.10 Å². The van der Waals surface area contributed by atoms with E-state index in [1.807, 2.05) is 0 Å². The minimum atomic E-state index is -3.88. The minimum Gasteiger partial charge on any atom is -0.497 e. The van der Waals surface area contributed by atoms with Crippen molar-refractivity contribution in [1.29, 1.82) is 0 Å². The monoisotopic (exact) mass is 339 g/mol. The molecule has 0 bridgehead atoms. The molecule has 0 saturated carbocycles. The zero-order chi connectivity index (χ0) is 17.0. The van der Waals surface area contributed by atoms with Crippen LogP contribution in [0.25, 0.3) is 0 Å². The van der Waals surface area contributed by atoms with Crippen molar-refractivity contribution in [3.8, 4) is 5.75 Å². The molecule has 0 fully saturated rings. The van der Waals surface area contributed by atoms with Crippen molar-refractivity contribution >= 4 is 21.8 Å². The first-order valence-electron chi connectivity index (χ1n) is 6.75. The summed E-state index contributed by atoms with van der Waals surface area (Å²) in [6, 6.07) is 5.87. The van der Waals surface area contributed by atoms with Gasteiger partial charge in [0, 0.05) is 7.05 Å². The molecule has 0 unspecified atom stereocenters. The van der Waals surface area contributed by atoms with Crippen molar-refractivity contribution in [2.45, 2.75) is 11.8 Å². The fourth-order valence-electron chi connectivity index (χ4n) is 1.86. The highest BCUT2D eigenvalue weighted by molar-refractivity contribution is 7.92. The number of aromatic nitrogens is 2. The third kappa shape index (κ3) is 3.62. The van der Waals surface area contributed by atoms with Crippen LogP contribution in [0, 0.1) is 0 Å². The number of methoxy groups -OCH3 is 1. The summed E-state index contributed by atoms with van der Waals surface area (Å²) < 4.78 is 38.4.